The summed E-state index contributed by atoms with van der Waals surface area (Å²) in [5.41, 5.74) is 3.35. The fourth-order valence-corrected chi connectivity index (χ4v) is 3.94. The van der Waals surface area contributed by atoms with E-state index in [1.807, 2.05) is 71.1 Å². The van der Waals surface area contributed by atoms with Gasteiger partial charge in [-0.25, -0.2) is 9.48 Å². The minimum absolute atomic E-state index is 0.154. The van der Waals surface area contributed by atoms with E-state index in [0.29, 0.717) is 11.8 Å². The molecule has 1 aliphatic rings. The predicted molar refractivity (Wildman–Crippen MR) is 128 cm³/mol. The van der Waals surface area contributed by atoms with Crippen molar-refractivity contribution in [2.75, 3.05) is 7.11 Å². The molecule has 1 saturated carbocycles. The summed E-state index contributed by atoms with van der Waals surface area (Å²) in [4.78, 5) is 12.1. The normalized spacial score (nSPS) is 13.9. The molecular formula is C26H28N4O4. The topological polar surface area (TPSA) is 80.4 Å². The van der Waals surface area contributed by atoms with Crippen LogP contribution in [0.25, 0.3) is 27.8 Å². The van der Waals surface area contributed by atoms with E-state index in [1.165, 1.54) is 7.11 Å². The Balaban J connectivity index is 1.58. The number of carbonyl (C=O) groups excluding carboxylic acids is 1. The van der Waals surface area contributed by atoms with Gasteiger partial charge >= 0.3 is 5.97 Å². The van der Waals surface area contributed by atoms with E-state index < -0.39 is 11.6 Å². The monoisotopic (exact) mass is 460 g/mol. The van der Waals surface area contributed by atoms with Crippen molar-refractivity contribution >= 4 is 16.9 Å². The van der Waals surface area contributed by atoms with Crippen molar-refractivity contribution in [1.29, 1.82) is 0 Å². The summed E-state index contributed by atoms with van der Waals surface area (Å²) in [6, 6.07) is 16.1. The van der Waals surface area contributed by atoms with Crippen molar-refractivity contribution in [3.63, 3.8) is 0 Å². The second-order valence-electron chi connectivity index (χ2n) is 9.05. The number of para-hydroxylation sites is 1. The van der Waals surface area contributed by atoms with Crippen molar-refractivity contribution in [2.45, 2.75) is 45.0 Å². The lowest BCUT2D eigenvalue weighted by Crippen LogP contribution is -2.35. The number of rotatable bonds is 8. The number of methoxy groups -OCH3 is 1. The third-order valence-electron chi connectivity index (χ3n) is 5.94. The average molecular weight is 461 g/mol. The van der Waals surface area contributed by atoms with Crippen molar-refractivity contribution in [3.8, 4) is 22.7 Å². The molecule has 5 rings (SSSR count). The maximum Gasteiger partial charge on any atom is 0.337 e. The highest BCUT2D eigenvalue weighted by Crippen LogP contribution is 2.33. The van der Waals surface area contributed by atoms with E-state index in [9.17, 15) is 4.79 Å². The van der Waals surface area contributed by atoms with Crippen LogP contribution in [0.3, 0.4) is 0 Å². The van der Waals surface area contributed by atoms with Crippen molar-refractivity contribution < 1.29 is 19.0 Å². The molecule has 0 aliphatic heterocycles. The first kappa shape index (κ1) is 22.2. The molecule has 0 N–H and O–H groups in total. The third kappa shape index (κ3) is 4.28. The number of fused-ring (bicyclic) bond motifs is 1. The smallest absolute Gasteiger partial charge is 0.337 e. The van der Waals surface area contributed by atoms with Crippen LogP contribution in [0, 0.1) is 0 Å². The number of nitrogens with zero attached hydrogens (tertiary/aromatic N) is 4. The maximum absolute atomic E-state index is 12.1. The minimum Gasteiger partial charge on any atom is -0.490 e. The molecule has 2 aromatic heterocycles. The zero-order chi connectivity index (χ0) is 23.9. The van der Waals surface area contributed by atoms with Crippen LogP contribution in [0.15, 0.2) is 54.7 Å². The Morgan fingerprint density at radius 1 is 1.15 bits per heavy atom. The molecule has 1 fully saturated rings. The van der Waals surface area contributed by atoms with Gasteiger partial charge < -0.3 is 14.2 Å². The molecule has 0 amide bonds. The summed E-state index contributed by atoms with van der Waals surface area (Å²) < 4.78 is 20.5. The average Bonchev–Trinajstić information content (AvgIpc) is 3.41. The van der Waals surface area contributed by atoms with Crippen molar-refractivity contribution in [2.24, 2.45) is 7.05 Å². The molecule has 176 valence electrons. The van der Waals surface area contributed by atoms with E-state index in [0.717, 1.165) is 46.4 Å². The van der Waals surface area contributed by atoms with E-state index in [-0.39, 0.29) is 6.61 Å². The quantitative estimate of drug-likeness (QED) is 0.362. The lowest BCUT2D eigenvalue weighted by molar-refractivity contribution is -0.166. The minimum atomic E-state index is -1.08. The molecule has 2 aromatic carbocycles. The molecule has 0 atom stereocenters. The van der Waals surface area contributed by atoms with E-state index >= 15 is 0 Å². The summed E-state index contributed by atoms with van der Waals surface area (Å²) in [6.45, 7) is 3.53. The molecular weight excluding hydrogens is 432 g/mol. The Hall–Kier alpha value is -3.65. The number of hydrogen-bond donors (Lipinski definition) is 0. The van der Waals surface area contributed by atoms with Gasteiger partial charge in [-0.05, 0) is 51.0 Å². The Kier molecular flexibility index (Phi) is 5.61. The van der Waals surface area contributed by atoms with Crippen LogP contribution in [-0.2, 0) is 27.9 Å². The molecule has 0 spiro atoms. The van der Waals surface area contributed by atoms with Gasteiger partial charge in [-0.3, -0.25) is 4.68 Å². The van der Waals surface area contributed by atoms with Crippen LogP contribution < -0.4 is 4.74 Å². The number of esters is 1. The van der Waals surface area contributed by atoms with Gasteiger partial charge in [0.1, 0.15) is 5.75 Å². The number of ether oxygens (including phenoxy) is 3. The number of hydrogen-bond acceptors (Lipinski definition) is 6. The molecule has 4 aromatic rings. The second-order valence-corrected chi connectivity index (χ2v) is 9.05. The predicted octanol–water partition coefficient (Wildman–Crippen LogP) is 4.44. The van der Waals surface area contributed by atoms with E-state index in [2.05, 4.69) is 5.10 Å². The van der Waals surface area contributed by atoms with Gasteiger partial charge in [-0.1, -0.05) is 24.3 Å². The van der Waals surface area contributed by atoms with Gasteiger partial charge in [0.15, 0.2) is 5.60 Å². The largest absolute Gasteiger partial charge is 0.490 e. The Bertz CT molecular complexity index is 1350. The zero-order valence-electron chi connectivity index (χ0n) is 19.8. The molecule has 0 radical (unpaired) electrons. The number of benzene rings is 2. The van der Waals surface area contributed by atoms with Gasteiger partial charge in [0, 0.05) is 18.0 Å². The maximum atomic E-state index is 12.1. The summed E-state index contributed by atoms with van der Waals surface area (Å²) in [6.07, 6.45) is 4.35. The summed E-state index contributed by atoms with van der Waals surface area (Å²) in [5.74, 6) is 0.410. The van der Waals surface area contributed by atoms with Crippen LogP contribution >= 0.6 is 0 Å². The number of aryl methyl sites for hydroxylation is 1. The van der Waals surface area contributed by atoms with Crippen molar-refractivity contribution in [3.05, 3.63) is 60.4 Å². The third-order valence-corrected chi connectivity index (χ3v) is 5.94. The summed E-state index contributed by atoms with van der Waals surface area (Å²) >= 11 is 0. The van der Waals surface area contributed by atoms with Crippen LogP contribution in [0.2, 0.25) is 0 Å². The number of carbonyl (C=O) groups is 1. The first-order valence-corrected chi connectivity index (χ1v) is 11.4. The molecule has 2 heterocycles. The first-order valence-electron chi connectivity index (χ1n) is 11.4. The van der Waals surface area contributed by atoms with Crippen LogP contribution in [0.5, 0.6) is 5.75 Å². The van der Waals surface area contributed by atoms with Gasteiger partial charge in [0.25, 0.3) is 0 Å². The lowest BCUT2D eigenvalue weighted by Gasteiger charge is -2.21. The standard InChI is InChI=1S/C26H28N4O4/c1-26(2,25(31)32-4)33-16-19-14-23(17-7-5-9-21(13-17)34-20-11-12-20)30(28-19)22-10-6-8-18-15-27-29(3)24(18)22/h5-10,13-15,20H,11-12,16H2,1-4H3. The highest BCUT2D eigenvalue weighted by molar-refractivity contribution is 5.87. The first-order chi connectivity index (χ1) is 16.4. The highest BCUT2D eigenvalue weighted by Gasteiger charge is 2.30. The molecule has 0 unspecified atom stereocenters. The summed E-state index contributed by atoms with van der Waals surface area (Å²) in [5, 5.41) is 10.3. The van der Waals surface area contributed by atoms with E-state index in [1.54, 1.807) is 13.8 Å². The van der Waals surface area contributed by atoms with Crippen LogP contribution in [-0.4, -0.2) is 44.3 Å². The molecule has 34 heavy (non-hydrogen) atoms. The van der Waals surface area contributed by atoms with E-state index in [4.69, 9.17) is 19.3 Å². The lowest BCUT2D eigenvalue weighted by atomic mass is 10.1. The Morgan fingerprint density at radius 2 is 1.94 bits per heavy atom. The zero-order valence-corrected chi connectivity index (χ0v) is 19.8. The molecule has 8 nitrogen and oxygen atoms in total. The number of aromatic nitrogens is 4. The molecule has 0 saturated heterocycles. The van der Waals surface area contributed by atoms with Gasteiger partial charge in [0.05, 0.1) is 48.6 Å². The SMILES string of the molecule is COC(=O)C(C)(C)OCc1cc(-c2cccc(OC3CC3)c2)n(-c2cccc3cnn(C)c23)n1. The second kappa shape index (κ2) is 8.61. The van der Waals surface area contributed by atoms with Gasteiger partial charge in [-0.2, -0.15) is 10.2 Å². The highest BCUT2D eigenvalue weighted by atomic mass is 16.6. The molecule has 1 aliphatic carbocycles. The molecule has 8 heteroatoms. The fourth-order valence-electron chi connectivity index (χ4n) is 3.94. The Labute approximate surface area is 198 Å². The van der Waals surface area contributed by atoms with Crippen LogP contribution in [0.1, 0.15) is 32.4 Å². The molecule has 0 bridgehead atoms. The fraction of sp³-hybridized carbons (Fsp3) is 0.346. The van der Waals surface area contributed by atoms with Crippen LogP contribution in [0.4, 0.5) is 0 Å². The van der Waals surface area contributed by atoms with Crippen molar-refractivity contribution in [1.82, 2.24) is 19.6 Å². The Morgan fingerprint density at radius 3 is 2.71 bits per heavy atom. The van der Waals surface area contributed by atoms with Gasteiger partial charge in [-0.15, -0.1) is 0 Å². The van der Waals surface area contributed by atoms with Gasteiger partial charge in [0.2, 0.25) is 0 Å². The summed E-state index contributed by atoms with van der Waals surface area (Å²) in [7, 11) is 3.27.